The molecule has 4 N–H and O–H groups in total. The molecular formula is C20H36O6. The van der Waals surface area contributed by atoms with Gasteiger partial charge in [-0.05, 0) is 49.4 Å². The maximum absolute atomic E-state index is 11.4. The highest BCUT2D eigenvalue weighted by Crippen LogP contribution is 2.53. The van der Waals surface area contributed by atoms with Gasteiger partial charge in [-0.1, -0.05) is 27.7 Å². The van der Waals surface area contributed by atoms with Gasteiger partial charge in [0, 0.05) is 11.8 Å². The van der Waals surface area contributed by atoms with Crippen LogP contribution in [-0.4, -0.2) is 57.4 Å². The first-order valence-electron chi connectivity index (χ1n) is 9.98. The first-order valence-corrected chi connectivity index (χ1v) is 9.98. The summed E-state index contributed by atoms with van der Waals surface area (Å²) in [6.45, 7) is 8.06. The molecule has 2 saturated carbocycles. The van der Waals surface area contributed by atoms with E-state index in [4.69, 9.17) is 9.47 Å². The normalized spacial score (nSPS) is 48.0. The number of aliphatic hydroxyl groups excluding tert-OH is 2. The highest BCUT2D eigenvalue weighted by molar-refractivity contribution is 5.03. The van der Waals surface area contributed by atoms with Crippen LogP contribution in [0.25, 0.3) is 0 Å². The van der Waals surface area contributed by atoms with Gasteiger partial charge in [0.2, 0.25) is 0 Å². The molecule has 0 spiro atoms. The van der Waals surface area contributed by atoms with Crippen LogP contribution in [0.1, 0.15) is 66.2 Å². The lowest BCUT2D eigenvalue weighted by Gasteiger charge is -2.54. The van der Waals surface area contributed by atoms with E-state index in [1.54, 1.807) is 0 Å². The molecule has 6 atom stereocenters. The van der Waals surface area contributed by atoms with E-state index in [1.165, 1.54) is 0 Å². The topological polar surface area (TPSA) is 99.4 Å². The fourth-order valence-electron chi connectivity index (χ4n) is 5.29. The van der Waals surface area contributed by atoms with Gasteiger partial charge in [0.25, 0.3) is 0 Å². The molecule has 1 heterocycles. The Kier molecular flexibility index (Phi) is 5.26. The molecule has 0 aromatic rings. The van der Waals surface area contributed by atoms with E-state index < -0.39 is 35.6 Å². The van der Waals surface area contributed by atoms with Gasteiger partial charge < -0.3 is 29.9 Å². The third kappa shape index (κ3) is 3.45. The number of rotatable bonds is 2. The minimum atomic E-state index is -1.62. The molecule has 0 bridgehead atoms. The van der Waals surface area contributed by atoms with Crippen LogP contribution in [0, 0.1) is 22.7 Å². The van der Waals surface area contributed by atoms with Crippen LogP contribution in [0.15, 0.2) is 0 Å². The van der Waals surface area contributed by atoms with Gasteiger partial charge in [0.05, 0.1) is 13.2 Å². The Morgan fingerprint density at radius 2 is 1.08 bits per heavy atom. The van der Waals surface area contributed by atoms with Crippen LogP contribution in [0.2, 0.25) is 0 Å². The average Bonchev–Trinajstić information content (AvgIpc) is 2.71. The number of fused-ring (bicyclic) bond motifs is 2. The Morgan fingerprint density at radius 1 is 0.731 bits per heavy atom. The van der Waals surface area contributed by atoms with Crippen LogP contribution in [-0.2, 0) is 9.47 Å². The first-order chi connectivity index (χ1) is 12.0. The maximum Gasteiger partial charge on any atom is 0.198 e. The standard InChI is InChI=1S/C20H36O6/c1-17(2)7-5-15-19(23,13(9-17)11-21)26-16-6-8-18(3,4)10-14(12-22)20(16,24)25-15/h13-16,21-24H,5-12H2,1-4H3. The summed E-state index contributed by atoms with van der Waals surface area (Å²) >= 11 is 0. The zero-order chi connectivity index (χ0) is 19.4. The fraction of sp³-hybridized carbons (Fsp3) is 1.00. The number of ether oxygens (including phenoxy) is 2. The Hall–Kier alpha value is -0.240. The summed E-state index contributed by atoms with van der Waals surface area (Å²) < 4.78 is 12.4. The summed E-state index contributed by atoms with van der Waals surface area (Å²) in [4.78, 5) is 0. The third-order valence-corrected chi connectivity index (χ3v) is 6.96. The van der Waals surface area contributed by atoms with Gasteiger partial charge in [-0.3, -0.25) is 0 Å². The van der Waals surface area contributed by atoms with Crippen molar-refractivity contribution in [1.29, 1.82) is 0 Å². The summed E-state index contributed by atoms with van der Waals surface area (Å²) in [5.74, 6) is -4.18. The molecule has 3 rings (SSSR count). The molecule has 0 aromatic heterocycles. The molecule has 152 valence electrons. The second-order valence-electron chi connectivity index (χ2n) is 10.3. The quantitative estimate of drug-likeness (QED) is 0.590. The van der Waals surface area contributed by atoms with Crippen molar-refractivity contribution in [3.05, 3.63) is 0 Å². The molecule has 1 aliphatic heterocycles. The highest BCUT2D eigenvalue weighted by Gasteiger charge is 2.63. The molecule has 2 aliphatic carbocycles. The van der Waals surface area contributed by atoms with Crippen LogP contribution in [0.5, 0.6) is 0 Å². The zero-order valence-electron chi connectivity index (χ0n) is 16.6. The minimum absolute atomic E-state index is 0.0593. The van der Waals surface area contributed by atoms with Gasteiger partial charge >= 0.3 is 0 Å². The lowest BCUT2D eigenvalue weighted by molar-refractivity contribution is -0.448. The van der Waals surface area contributed by atoms with E-state index in [1.807, 2.05) is 0 Å². The zero-order valence-corrected chi connectivity index (χ0v) is 16.6. The predicted molar refractivity (Wildman–Crippen MR) is 96.1 cm³/mol. The van der Waals surface area contributed by atoms with Crippen molar-refractivity contribution in [3.63, 3.8) is 0 Å². The summed E-state index contributed by atoms with van der Waals surface area (Å²) in [6.07, 6.45) is 2.48. The van der Waals surface area contributed by atoms with Crippen molar-refractivity contribution in [2.24, 2.45) is 22.7 Å². The van der Waals surface area contributed by atoms with Gasteiger partial charge in [0.15, 0.2) is 11.6 Å². The van der Waals surface area contributed by atoms with Crippen LogP contribution >= 0.6 is 0 Å². The van der Waals surface area contributed by atoms with Crippen molar-refractivity contribution in [2.75, 3.05) is 13.2 Å². The Balaban J connectivity index is 1.97. The largest absolute Gasteiger partial charge is 0.396 e. The van der Waals surface area contributed by atoms with Crippen molar-refractivity contribution in [1.82, 2.24) is 0 Å². The van der Waals surface area contributed by atoms with Gasteiger partial charge in [-0.25, -0.2) is 0 Å². The fourth-order valence-corrected chi connectivity index (χ4v) is 5.29. The number of hydrogen-bond donors (Lipinski definition) is 4. The summed E-state index contributed by atoms with van der Waals surface area (Å²) in [5.41, 5.74) is -0.119. The molecule has 6 nitrogen and oxygen atoms in total. The lowest BCUT2D eigenvalue weighted by atomic mass is 9.79. The molecule has 0 amide bonds. The molecular weight excluding hydrogens is 336 g/mol. The van der Waals surface area contributed by atoms with Gasteiger partial charge in [-0.15, -0.1) is 0 Å². The van der Waals surface area contributed by atoms with E-state index in [-0.39, 0.29) is 24.0 Å². The predicted octanol–water partition coefficient (Wildman–Crippen LogP) is 1.78. The molecule has 1 saturated heterocycles. The molecule has 3 aliphatic rings. The average molecular weight is 373 g/mol. The monoisotopic (exact) mass is 372 g/mol. The van der Waals surface area contributed by atoms with Crippen molar-refractivity contribution >= 4 is 0 Å². The summed E-state index contributed by atoms with van der Waals surface area (Å²) in [6, 6.07) is 0. The van der Waals surface area contributed by atoms with E-state index in [9.17, 15) is 20.4 Å². The van der Waals surface area contributed by atoms with E-state index >= 15 is 0 Å². The third-order valence-electron chi connectivity index (χ3n) is 6.96. The van der Waals surface area contributed by atoms with Gasteiger partial charge in [-0.2, -0.15) is 0 Å². The lowest BCUT2D eigenvalue weighted by Crippen LogP contribution is -2.68. The molecule has 6 heteroatoms. The number of hydrogen-bond acceptors (Lipinski definition) is 6. The second-order valence-corrected chi connectivity index (χ2v) is 10.3. The molecule has 26 heavy (non-hydrogen) atoms. The van der Waals surface area contributed by atoms with E-state index in [2.05, 4.69) is 27.7 Å². The Labute approximate surface area is 156 Å². The van der Waals surface area contributed by atoms with Crippen molar-refractivity contribution in [3.8, 4) is 0 Å². The SMILES string of the molecule is CC1(C)CCC2OC3(O)C(CO)CC(C)(C)CCC3OC2(O)C(CO)C1. The van der Waals surface area contributed by atoms with Crippen molar-refractivity contribution < 1.29 is 29.9 Å². The molecule has 0 aromatic carbocycles. The van der Waals surface area contributed by atoms with E-state index in [0.29, 0.717) is 25.7 Å². The van der Waals surface area contributed by atoms with Crippen LogP contribution in [0.3, 0.4) is 0 Å². The Morgan fingerprint density at radius 3 is 1.38 bits per heavy atom. The van der Waals surface area contributed by atoms with Crippen molar-refractivity contribution in [2.45, 2.75) is 90.0 Å². The molecule has 0 radical (unpaired) electrons. The molecule has 6 unspecified atom stereocenters. The highest BCUT2D eigenvalue weighted by atomic mass is 16.7. The number of aliphatic hydroxyl groups is 4. The molecule has 3 fully saturated rings. The Bertz CT molecular complexity index is 474. The maximum atomic E-state index is 11.4. The first kappa shape index (κ1) is 20.5. The smallest absolute Gasteiger partial charge is 0.198 e. The minimum Gasteiger partial charge on any atom is -0.396 e. The summed E-state index contributed by atoms with van der Waals surface area (Å²) in [7, 11) is 0. The van der Waals surface area contributed by atoms with Crippen LogP contribution in [0.4, 0.5) is 0 Å². The van der Waals surface area contributed by atoms with E-state index in [0.717, 1.165) is 12.8 Å². The summed E-state index contributed by atoms with van der Waals surface area (Å²) in [5, 5.41) is 42.7. The van der Waals surface area contributed by atoms with Gasteiger partial charge in [0.1, 0.15) is 12.2 Å². The van der Waals surface area contributed by atoms with Crippen LogP contribution < -0.4 is 0 Å². The second kappa shape index (κ2) is 6.68.